The maximum absolute atomic E-state index is 12.4. The Morgan fingerprint density at radius 3 is 2.47 bits per heavy atom. The van der Waals surface area contributed by atoms with Crippen molar-refractivity contribution >= 4 is 16.8 Å². The van der Waals surface area contributed by atoms with Gasteiger partial charge in [-0.3, -0.25) is 9.11 Å². The summed E-state index contributed by atoms with van der Waals surface area (Å²) in [4.78, 5) is 8.04. The molecule has 1 unspecified atom stereocenters. The van der Waals surface area contributed by atoms with Gasteiger partial charge < -0.3 is 15.4 Å². The Hall–Kier alpha value is -2.22. The molecule has 1 atom stereocenters. The summed E-state index contributed by atoms with van der Waals surface area (Å²) in [5.74, 6) is 1.30. The highest BCUT2D eigenvalue weighted by Gasteiger charge is 2.12. The summed E-state index contributed by atoms with van der Waals surface area (Å²) in [6.45, 7) is 8.52. The van der Waals surface area contributed by atoms with Gasteiger partial charge in [-0.15, -0.1) is 0 Å². The standard InChI is InChI=1S/C23H32N4O2S/c1-2-24-23(25-12-17-30(28)22-10-4-3-5-11-22)26-18-20-8-6-7-9-21(20)19-27-13-15-29-16-14-27/h3-11H,2,12-19H2,1H3,(H2,24,25,26). The van der Waals surface area contributed by atoms with Crippen molar-refractivity contribution in [2.45, 2.75) is 24.9 Å². The number of aliphatic imine (C=N–C) groups is 1. The molecule has 30 heavy (non-hydrogen) atoms. The van der Waals surface area contributed by atoms with Crippen molar-refractivity contribution in [3.05, 3.63) is 65.7 Å². The van der Waals surface area contributed by atoms with Crippen molar-refractivity contribution in [3.63, 3.8) is 0 Å². The molecule has 0 spiro atoms. The van der Waals surface area contributed by atoms with Gasteiger partial charge in [0.15, 0.2) is 5.96 Å². The highest BCUT2D eigenvalue weighted by atomic mass is 32.2. The largest absolute Gasteiger partial charge is 0.379 e. The van der Waals surface area contributed by atoms with E-state index in [1.807, 2.05) is 37.3 Å². The van der Waals surface area contributed by atoms with Crippen LogP contribution in [0.25, 0.3) is 0 Å². The van der Waals surface area contributed by atoms with Gasteiger partial charge in [-0.2, -0.15) is 0 Å². The summed E-state index contributed by atoms with van der Waals surface area (Å²) >= 11 is 0. The summed E-state index contributed by atoms with van der Waals surface area (Å²) in [6.07, 6.45) is 0. The van der Waals surface area contributed by atoms with E-state index in [1.165, 1.54) is 11.1 Å². The number of guanidine groups is 1. The molecule has 3 rings (SSSR count). The minimum absolute atomic E-state index is 0.544. The lowest BCUT2D eigenvalue weighted by atomic mass is 10.1. The Morgan fingerprint density at radius 1 is 1.03 bits per heavy atom. The van der Waals surface area contributed by atoms with Gasteiger partial charge in [0.2, 0.25) is 0 Å². The minimum Gasteiger partial charge on any atom is -0.379 e. The Morgan fingerprint density at radius 2 is 1.73 bits per heavy atom. The molecule has 6 nitrogen and oxygen atoms in total. The van der Waals surface area contributed by atoms with Crippen LogP contribution < -0.4 is 10.6 Å². The minimum atomic E-state index is -1.01. The smallest absolute Gasteiger partial charge is 0.191 e. The van der Waals surface area contributed by atoms with Gasteiger partial charge in [0.05, 0.1) is 30.6 Å². The van der Waals surface area contributed by atoms with Gasteiger partial charge in [0, 0.05) is 43.4 Å². The van der Waals surface area contributed by atoms with Gasteiger partial charge in [-0.25, -0.2) is 4.99 Å². The van der Waals surface area contributed by atoms with Crippen LogP contribution in [0.5, 0.6) is 0 Å². The first-order valence-electron chi connectivity index (χ1n) is 10.6. The molecule has 2 aromatic carbocycles. The fourth-order valence-electron chi connectivity index (χ4n) is 3.32. The monoisotopic (exact) mass is 428 g/mol. The molecule has 0 amide bonds. The molecule has 7 heteroatoms. The van der Waals surface area contributed by atoms with Crippen LogP contribution >= 0.6 is 0 Å². The first kappa shape index (κ1) is 22.5. The van der Waals surface area contributed by atoms with Gasteiger partial charge in [-0.05, 0) is 30.2 Å². The molecule has 1 heterocycles. The predicted octanol–water partition coefficient (Wildman–Crippen LogP) is 2.38. The molecule has 1 saturated heterocycles. The van der Waals surface area contributed by atoms with Crippen LogP contribution in [0.1, 0.15) is 18.1 Å². The molecule has 2 N–H and O–H groups in total. The lowest BCUT2D eigenvalue weighted by Gasteiger charge is -2.27. The fraction of sp³-hybridized carbons (Fsp3) is 0.435. The highest BCUT2D eigenvalue weighted by Crippen LogP contribution is 2.14. The lowest BCUT2D eigenvalue weighted by Crippen LogP contribution is -2.39. The van der Waals surface area contributed by atoms with Crippen LogP contribution in [-0.2, 0) is 28.6 Å². The molecule has 0 aliphatic carbocycles. The average molecular weight is 429 g/mol. The topological polar surface area (TPSA) is 66.0 Å². The van der Waals surface area contributed by atoms with Crippen molar-refractivity contribution in [2.24, 2.45) is 4.99 Å². The number of rotatable bonds is 9. The van der Waals surface area contributed by atoms with E-state index in [1.54, 1.807) is 0 Å². The summed E-state index contributed by atoms with van der Waals surface area (Å²) in [7, 11) is -1.01. The molecule has 0 aromatic heterocycles. The molecule has 2 aromatic rings. The lowest BCUT2D eigenvalue weighted by molar-refractivity contribution is 0.0341. The zero-order valence-electron chi connectivity index (χ0n) is 17.7. The number of ether oxygens (including phenoxy) is 1. The van der Waals surface area contributed by atoms with E-state index in [0.717, 1.165) is 50.2 Å². The van der Waals surface area contributed by atoms with Crippen LogP contribution in [0.3, 0.4) is 0 Å². The van der Waals surface area contributed by atoms with Crippen LogP contribution in [0.15, 0.2) is 64.5 Å². The van der Waals surface area contributed by atoms with E-state index in [-0.39, 0.29) is 0 Å². The van der Waals surface area contributed by atoms with Crippen LogP contribution in [0.2, 0.25) is 0 Å². The molecule has 162 valence electrons. The van der Waals surface area contributed by atoms with Crippen molar-refractivity contribution in [3.8, 4) is 0 Å². The van der Waals surface area contributed by atoms with Gasteiger partial charge in [0.1, 0.15) is 0 Å². The van der Waals surface area contributed by atoms with E-state index in [0.29, 0.717) is 18.8 Å². The zero-order valence-corrected chi connectivity index (χ0v) is 18.5. The maximum atomic E-state index is 12.4. The maximum Gasteiger partial charge on any atom is 0.191 e. The van der Waals surface area contributed by atoms with Crippen molar-refractivity contribution in [1.29, 1.82) is 0 Å². The Kier molecular flexibility index (Phi) is 9.34. The predicted molar refractivity (Wildman–Crippen MR) is 123 cm³/mol. The number of benzene rings is 2. The van der Waals surface area contributed by atoms with Crippen molar-refractivity contribution in [1.82, 2.24) is 15.5 Å². The third kappa shape index (κ3) is 7.23. The second kappa shape index (κ2) is 12.5. The van der Waals surface area contributed by atoms with Gasteiger partial charge >= 0.3 is 0 Å². The zero-order chi connectivity index (χ0) is 21.0. The third-order valence-corrected chi connectivity index (χ3v) is 6.33. The van der Waals surface area contributed by atoms with E-state index in [2.05, 4.69) is 39.8 Å². The summed E-state index contributed by atoms with van der Waals surface area (Å²) in [6, 6.07) is 18.1. The summed E-state index contributed by atoms with van der Waals surface area (Å²) in [5.41, 5.74) is 2.54. The molecular weight excluding hydrogens is 396 g/mol. The molecule has 0 bridgehead atoms. The molecule has 0 saturated carbocycles. The van der Waals surface area contributed by atoms with E-state index >= 15 is 0 Å². The van der Waals surface area contributed by atoms with Crippen LogP contribution in [0.4, 0.5) is 0 Å². The summed E-state index contributed by atoms with van der Waals surface area (Å²) in [5, 5.41) is 6.59. The van der Waals surface area contributed by atoms with Crippen molar-refractivity contribution in [2.75, 3.05) is 45.1 Å². The quantitative estimate of drug-likeness (QED) is 0.474. The SMILES string of the molecule is CCNC(=NCc1ccccc1CN1CCOCC1)NCCS(=O)c1ccccc1. The normalized spacial score (nSPS) is 16.2. The first-order chi connectivity index (χ1) is 14.8. The third-order valence-electron chi connectivity index (χ3n) is 4.95. The van der Waals surface area contributed by atoms with Gasteiger partial charge in [0.25, 0.3) is 0 Å². The fourth-order valence-corrected chi connectivity index (χ4v) is 4.31. The number of hydrogen-bond donors (Lipinski definition) is 2. The van der Waals surface area contributed by atoms with E-state index in [9.17, 15) is 4.21 Å². The summed E-state index contributed by atoms with van der Waals surface area (Å²) < 4.78 is 17.8. The van der Waals surface area contributed by atoms with E-state index in [4.69, 9.17) is 9.73 Å². The molecule has 0 radical (unpaired) electrons. The molecular formula is C23H32N4O2S. The molecule has 1 fully saturated rings. The number of nitrogens with zero attached hydrogens (tertiary/aromatic N) is 2. The second-order valence-electron chi connectivity index (χ2n) is 7.14. The number of nitrogens with one attached hydrogen (secondary N) is 2. The average Bonchev–Trinajstić information content (AvgIpc) is 2.79. The Balaban J connectivity index is 1.55. The Bertz CT molecular complexity index is 823. The molecule has 1 aliphatic heterocycles. The number of hydrogen-bond acceptors (Lipinski definition) is 4. The first-order valence-corrected chi connectivity index (χ1v) is 11.9. The van der Waals surface area contributed by atoms with Crippen LogP contribution in [0, 0.1) is 0 Å². The number of morpholine rings is 1. The second-order valence-corrected chi connectivity index (χ2v) is 8.71. The van der Waals surface area contributed by atoms with Crippen LogP contribution in [-0.4, -0.2) is 60.2 Å². The van der Waals surface area contributed by atoms with E-state index < -0.39 is 10.8 Å². The van der Waals surface area contributed by atoms with Crippen molar-refractivity contribution < 1.29 is 8.95 Å². The highest BCUT2D eigenvalue weighted by molar-refractivity contribution is 7.85. The molecule has 1 aliphatic rings. The van der Waals surface area contributed by atoms with Gasteiger partial charge in [-0.1, -0.05) is 42.5 Å². The Labute approximate surface area is 182 Å².